The number of aryl methyl sites for hydroxylation is 1. The van der Waals surface area contributed by atoms with E-state index in [9.17, 15) is 0 Å². The van der Waals surface area contributed by atoms with Crippen LogP contribution in [0.5, 0.6) is 0 Å². The number of pyridine rings is 1. The van der Waals surface area contributed by atoms with Crippen molar-refractivity contribution in [2.24, 2.45) is 0 Å². The molecule has 1 rings (SSSR count). The number of hydrogen-bond donors (Lipinski definition) is 0. The van der Waals surface area contributed by atoms with Gasteiger partial charge in [-0.15, -0.1) is 11.6 Å². The zero-order valence-corrected chi connectivity index (χ0v) is 7.08. The summed E-state index contributed by atoms with van der Waals surface area (Å²) in [4.78, 5) is 3.99. The van der Waals surface area contributed by atoms with E-state index in [4.69, 9.17) is 23.2 Å². The van der Waals surface area contributed by atoms with Crippen LogP contribution >= 0.6 is 23.2 Å². The molecule has 54 valence electrons. The second-order valence-electron chi connectivity index (χ2n) is 2.02. The normalized spacial score (nSPS) is 9.90. The molecule has 0 aliphatic rings. The van der Waals surface area contributed by atoms with E-state index in [-0.39, 0.29) is 0 Å². The smallest absolute Gasteiger partial charge is 0.0739 e. The standard InChI is InChI=1S/C7H7Cl2N/c1-5-2-3-10-6(4-8)7(5)9/h2-3H,4H2,1H3. The lowest BCUT2D eigenvalue weighted by atomic mass is 10.2. The van der Waals surface area contributed by atoms with Crippen molar-refractivity contribution in [3.63, 3.8) is 0 Å². The number of alkyl halides is 1. The van der Waals surface area contributed by atoms with Crippen molar-refractivity contribution in [3.8, 4) is 0 Å². The van der Waals surface area contributed by atoms with E-state index in [2.05, 4.69) is 4.98 Å². The Hall–Kier alpha value is -0.270. The minimum absolute atomic E-state index is 0.376. The Labute approximate surface area is 70.0 Å². The van der Waals surface area contributed by atoms with Gasteiger partial charge in [0, 0.05) is 6.20 Å². The van der Waals surface area contributed by atoms with Crippen molar-refractivity contribution >= 4 is 23.2 Å². The summed E-state index contributed by atoms with van der Waals surface area (Å²) in [6.45, 7) is 1.93. The molecule has 0 aliphatic carbocycles. The second-order valence-corrected chi connectivity index (χ2v) is 2.67. The van der Waals surface area contributed by atoms with Crippen LogP contribution in [0.1, 0.15) is 11.3 Å². The zero-order valence-electron chi connectivity index (χ0n) is 5.56. The van der Waals surface area contributed by atoms with Crippen molar-refractivity contribution in [2.45, 2.75) is 12.8 Å². The summed E-state index contributed by atoms with van der Waals surface area (Å²) < 4.78 is 0. The Kier molecular flexibility index (Phi) is 2.52. The SMILES string of the molecule is Cc1ccnc(CCl)c1Cl. The molecule has 1 nitrogen and oxygen atoms in total. The van der Waals surface area contributed by atoms with Gasteiger partial charge in [0.2, 0.25) is 0 Å². The zero-order chi connectivity index (χ0) is 7.56. The van der Waals surface area contributed by atoms with Crippen LogP contribution in [0, 0.1) is 6.92 Å². The van der Waals surface area contributed by atoms with Gasteiger partial charge in [0.1, 0.15) is 0 Å². The largest absolute Gasteiger partial charge is 0.258 e. The van der Waals surface area contributed by atoms with E-state index in [1.54, 1.807) is 6.20 Å². The Morgan fingerprint density at radius 1 is 1.60 bits per heavy atom. The maximum atomic E-state index is 5.85. The molecule has 1 aromatic heterocycles. The van der Waals surface area contributed by atoms with Crippen LogP contribution in [0.25, 0.3) is 0 Å². The van der Waals surface area contributed by atoms with Gasteiger partial charge in [-0.3, -0.25) is 4.98 Å². The first kappa shape index (κ1) is 7.83. The van der Waals surface area contributed by atoms with E-state index in [1.165, 1.54) is 0 Å². The van der Waals surface area contributed by atoms with Crippen molar-refractivity contribution < 1.29 is 0 Å². The Morgan fingerprint density at radius 3 is 2.80 bits per heavy atom. The maximum absolute atomic E-state index is 5.85. The third-order valence-electron chi connectivity index (χ3n) is 1.28. The summed E-state index contributed by atoms with van der Waals surface area (Å²) in [5.74, 6) is 0.376. The third kappa shape index (κ3) is 1.41. The summed E-state index contributed by atoms with van der Waals surface area (Å²) in [6.07, 6.45) is 1.71. The lowest BCUT2D eigenvalue weighted by molar-refractivity contribution is 1.15. The molecule has 10 heavy (non-hydrogen) atoms. The van der Waals surface area contributed by atoms with Gasteiger partial charge in [-0.25, -0.2) is 0 Å². The highest BCUT2D eigenvalue weighted by Crippen LogP contribution is 2.18. The predicted octanol–water partition coefficient (Wildman–Crippen LogP) is 2.78. The van der Waals surface area contributed by atoms with E-state index < -0.39 is 0 Å². The first-order valence-electron chi connectivity index (χ1n) is 2.91. The minimum Gasteiger partial charge on any atom is -0.258 e. The van der Waals surface area contributed by atoms with Crippen LogP contribution < -0.4 is 0 Å². The first-order chi connectivity index (χ1) is 4.75. The molecule has 0 spiro atoms. The van der Waals surface area contributed by atoms with Gasteiger partial charge in [0.05, 0.1) is 16.6 Å². The van der Waals surface area contributed by atoms with E-state index in [0.717, 1.165) is 11.3 Å². The van der Waals surface area contributed by atoms with Gasteiger partial charge in [0.25, 0.3) is 0 Å². The summed E-state index contributed by atoms with van der Waals surface area (Å²) >= 11 is 11.4. The molecule has 0 aromatic carbocycles. The maximum Gasteiger partial charge on any atom is 0.0739 e. The van der Waals surface area contributed by atoms with Gasteiger partial charge < -0.3 is 0 Å². The fourth-order valence-electron chi connectivity index (χ4n) is 0.690. The fraction of sp³-hybridized carbons (Fsp3) is 0.286. The fourth-order valence-corrected chi connectivity index (χ4v) is 1.14. The van der Waals surface area contributed by atoms with Gasteiger partial charge in [-0.1, -0.05) is 11.6 Å². The molecule has 1 heterocycles. The first-order valence-corrected chi connectivity index (χ1v) is 3.83. The molecule has 0 fully saturated rings. The van der Waals surface area contributed by atoms with Crippen LogP contribution in [0.2, 0.25) is 5.02 Å². The third-order valence-corrected chi connectivity index (χ3v) is 2.05. The van der Waals surface area contributed by atoms with Gasteiger partial charge in [-0.2, -0.15) is 0 Å². The summed E-state index contributed by atoms with van der Waals surface area (Å²) in [6, 6.07) is 1.86. The highest BCUT2D eigenvalue weighted by molar-refractivity contribution is 6.32. The second kappa shape index (κ2) is 3.22. The molecule has 0 saturated heterocycles. The van der Waals surface area contributed by atoms with Crippen LogP contribution in [0.3, 0.4) is 0 Å². The molecule has 0 bridgehead atoms. The van der Waals surface area contributed by atoms with Gasteiger partial charge in [-0.05, 0) is 18.6 Å². The Morgan fingerprint density at radius 2 is 2.30 bits per heavy atom. The van der Waals surface area contributed by atoms with Crippen molar-refractivity contribution in [1.82, 2.24) is 4.98 Å². The molecule has 3 heteroatoms. The number of hydrogen-bond acceptors (Lipinski definition) is 1. The van der Waals surface area contributed by atoms with E-state index in [1.807, 2.05) is 13.0 Å². The molecule has 0 aliphatic heterocycles. The molecular weight excluding hydrogens is 169 g/mol. The number of halogens is 2. The average Bonchev–Trinajstić information content (AvgIpc) is 1.95. The molecular formula is C7H7Cl2N. The number of nitrogens with zero attached hydrogens (tertiary/aromatic N) is 1. The average molecular weight is 176 g/mol. The molecule has 0 unspecified atom stereocenters. The highest BCUT2D eigenvalue weighted by Gasteiger charge is 2.00. The molecule has 0 atom stereocenters. The Balaban J connectivity index is 3.14. The van der Waals surface area contributed by atoms with Crippen LogP contribution in [0.4, 0.5) is 0 Å². The molecule has 0 radical (unpaired) electrons. The van der Waals surface area contributed by atoms with Crippen LogP contribution in [-0.2, 0) is 5.88 Å². The van der Waals surface area contributed by atoms with Gasteiger partial charge >= 0.3 is 0 Å². The quantitative estimate of drug-likeness (QED) is 0.599. The monoisotopic (exact) mass is 175 g/mol. The topological polar surface area (TPSA) is 12.9 Å². The summed E-state index contributed by atoms with van der Waals surface area (Å²) in [5.41, 5.74) is 1.77. The van der Waals surface area contributed by atoms with Crippen LogP contribution in [0.15, 0.2) is 12.3 Å². The minimum atomic E-state index is 0.376. The van der Waals surface area contributed by atoms with E-state index in [0.29, 0.717) is 10.9 Å². The molecule has 1 aromatic rings. The molecule has 0 N–H and O–H groups in total. The lowest BCUT2D eigenvalue weighted by Crippen LogP contribution is -1.87. The van der Waals surface area contributed by atoms with Crippen molar-refractivity contribution in [3.05, 3.63) is 28.5 Å². The highest BCUT2D eigenvalue weighted by atomic mass is 35.5. The lowest BCUT2D eigenvalue weighted by Gasteiger charge is -1.99. The van der Waals surface area contributed by atoms with Gasteiger partial charge in [0.15, 0.2) is 0 Å². The molecule has 0 saturated carbocycles. The predicted molar refractivity (Wildman–Crippen MR) is 43.5 cm³/mol. The summed E-state index contributed by atoms with van der Waals surface area (Å²) in [5, 5.41) is 0.678. The van der Waals surface area contributed by atoms with Crippen molar-refractivity contribution in [2.75, 3.05) is 0 Å². The van der Waals surface area contributed by atoms with E-state index >= 15 is 0 Å². The number of aromatic nitrogens is 1. The number of rotatable bonds is 1. The van der Waals surface area contributed by atoms with Crippen LogP contribution in [-0.4, -0.2) is 4.98 Å². The van der Waals surface area contributed by atoms with Crippen molar-refractivity contribution in [1.29, 1.82) is 0 Å². The molecule has 0 amide bonds. The Bertz CT molecular complexity index is 235. The summed E-state index contributed by atoms with van der Waals surface area (Å²) in [7, 11) is 0.